The third-order valence-corrected chi connectivity index (χ3v) is 4.07. The fourth-order valence-corrected chi connectivity index (χ4v) is 1.78. The first-order valence-electron chi connectivity index (χ1n) is 5.85. The molecule has 0 fully saturated rings. The number of ether oxygens (including phenoxy) is 1. The zero-order chi connectivity index (χ0) is 13.6. The van der Waals surface area contributed by atoms with Gasteiger partial charge in [0.15, 0.2) is 0 Å². The van der Waals surface area contributed by atoms with E-state index >= 15 is 0 Å². The topological polar surface area (TPSA) is 45.0 Å². The Hall–Kier alpha value is -1.18. The average Bonchev–Trinajstić information content (AvgIpc) is 2.38. The minimum absolute atomic E-state index is 0.227. The maximum Gasteiger partial charge on any atom is 0.136 e. The molecule has 1 rings (SSSR count). The molecular formula is C14H20N2OS. The van der Waals surface area contributed by atoms with Crippen molar-refractivity contribution in [2.24, 2.45) is 0 Å². The maximum atomic E-state index is 9.01. The molecule has 0 aliphatic carbocycles. The molecule has 0 atom stereocenters. The molecule has 0 aromatic heterocycles. The lowest BCUT2D eigenvalue weighted by Crippen LogP contribution is -2.31. The summed E-state index contributed by atoms with van der Waals surface area (Å²) in [5, 5.41) is 12.4. The summed E-state index contributed by atoms with van der Waals surface area (Å²) < 4.78 is 5.35. The Labute approximate surface area is 114 Å². The standard InChI is InChI=1S/C14H20N2OS/c1-14(2,18-4)10-16-9-11-5-6-13(17-3)12(7-11)8-15/h5-7,16H,9-10H2,1-4H3. The van der Waals surface area contributed by atoms with Gasteiger partial charge in [-0.1, -0.05) is 6.07 Å². The molecule has 0 amide bonds. The maximum absolute atomic E-state index is 9.01. The van der Waals surface area contributed by atoms with Gasteiger partial charge in [0.05, 0.1) is 12.7 Å². The van der Waals surface area contributed by atoms with E-state index < -0.39 is 0 Å². The van der Waals surface area contributed by atoms with Gasteiger partial charge in [-0.05, 0) is 37.8 Å². The van der Waals surface area contributed by atoms with Crippen molar-refractivity contribution < 1.29 is 4.74 Å². The van der Waals surface area contributed by atoms with Crippen molar-refractivity contribution in [3.8, 4) is 11.8 Å². The zero-order valence-electron chi connectivity index (χ0n) is 11.4. The highest BCUT2D eigenvalue weighted by Gasteiger charge is 2.14. The average molecular weight is 264 g/mol. The molecule has 98 valence electrons. The van der Waals surface area contributed by atoms with E-state index in [9.17, 15) is 0 Å². The van der Waals surface area contributed by atoms with Crippen molar-refractivity contribution in [2.45, 2.75) is 25.1 Å². The van der Waals surface area contributed by atoms with Crippen LogP contribution < -0.4 is 10.1 Å². The van der Waals surface area contributed by atoms with Crippen LogP contribution in [-0.2, 0) is 6.54 Å². The van der Waals surface area contributed by atoms with Crippen molar-refractivity contribution in [3.05, 3.63) is 29.3 Å². The van der Waals surface area contributed by atoms with Crippen molar-refractivity contribution in [2.75, 3.05) is 19.9 Å². The molecule has 1 aromatic rings. The molecule has 1 aromatic carbocycles. The first kappa shape index (κ1) is 14.9. The van der Waals surface area contributed by atoms with Crippen LogP contribution >= 0.6 is 11.8 Å². The van der Waals surface area contributed by atoms with Crippen LogP contribution in [0.3, 0.4) is 0 Å². The summed E-state index contributed by atoms with van der Waals surface area (Å²) in [6.07, 6.45) is 2.11. The van der Waals surface area contributed by atoms with Crippen LogP contribution in [-0.4, -0.2) is 24.7 Å². The van der Waals surface area contributed by atoms with E-state index in [2.05, 4.69) is 31.5 Å². The molecule has 0 bridgehead atoms. The molecule has 18 heavy (non-hydrogen) atoms. The number of methoxy groups -OCH3 is 1. The second-order valence-corrected chi connectivity index (χ2v) is 6.23. The second-order valence-electron chi connectivity index (χ2n) is 4.71. The summed E-state index contributed by atoms with van der Waals surface area (Å²) in [7, 11) is 1.58. The summed E-state index contributed by atoms with van der Waals surface area (Å²) in [5.74, 6) is 0.630. The quantitative estimate of drug-likeness (QED) is 0.858. The van der Waals surface area contributed by atoms with E-state index in [0.29, 0.717) is 11.3 Å². The summed E-state index contributed by atoms with van der Waals surface area (Å²) in [4.78, 5) is 0. The number of hydrogen-bond acceptors (Lipinski definition) is 4. The normalized spacial score (nSPS) is 11.1. The van der Waals surface area contributed by atoms with Crippen LogP contribution in [0.4, 0.5) is 0 Å². The highest BCUT2D eigenvalue weighted by Crippen LogP contribution is 2.21. The lowest BCUT2D eigenvalue weighted by molar-refractivity contribution is 0.413. The molecule has 0 aliphatic heterocycles. The van der Waals surface area contributed by atoms with Crippen LogP contribution in [0.2, 0.25) is 0 Å². The zero-order valence-corrected chi connectivity index (χ0v) is 12.2. The molecule has 4 heteroatoms. The highest BCUT2D eigenvalue weighted by molar-refractivity contribution is 7.99. The monoisotopic (exact) mass is 264 g/mol. The third-order valence-electron chi connectivity index (χ3n) is 2.82. The van der Waals surface area contributed by atoms with Crippen LogP contribution in [0.1, 0.15) is 25.0 Å². The second kappa shape index (κ2) is 6.67. The molecule has 1 N–H and O–H groups in total. The summed E-state index contributed by atoms with van der Waals surface area (Å²) in [6, 6.07) is 7.85. The molecule has 3 nitrogen and oxygen atoms in total. The van der Waals surface area contributed by atoms with Gasteiger partial charge in [-0.25, -0.2) is 0 Å². The number of benzene rings is 1. The predicted octanol–water partition coefficient (Wildman–Crippen LogP) is 2.80. The van der Waals surface area contributed by atoms with Crippen LogP contribution in [0.25, 0.3) is 0 Å². The molecule has 0 heterocycles. The molecule has 0 unspecified atom stereocenters. The Bertz CT molecular complexity index is 438. The van der Waals surface area contributed by atoms with E-state index in [4.69, 9.17) is 10.00 Å². The Morgan fingerprint density at radius 2 is 2.17 bits per heavy atom. The van der Waals surface area contributed by atoms with E-state index in [0.717, 1.165) is 18.7 Å². The molecule has 0 aliphatic rings. The summed E-state index contributed by atoms with van der Waals surface area (Å²) in [6.45, 7) is 6.11. The van der Waals surface area contributed by atoms with Gasteiger partial charge in [0.2, 0.25) is 0 Å². The Morgan fingerprint density at radius 3 is 2.72 bits per heavy atom. The molecule has 0 saturated heterocycles. The SMILES string of the molecule is COc1ccc(CNCC(C)(C)SC)cc1C#N. The summed E-state index contributed by atoms with van der Waals surface area (Å²) >= 11 is 1.84. The van der Waals surface area contributed by atoms with E-state index in [1.54, 1.807) is 7.11 Å². The molecular weight excluding hydrogens is 244 g/mol. The van der Waals surface area contributed by atoms with Crippen molar-refractivity contribution in [3.63, 3.8) is 0 Å². The molecule has 0 radical (unpaired) electrons. The first-order chi connectivity index (χ1) is 8.52. The van der Waals surface area contributed by atoms with Gasteiger partial charge in [-0.2, -0.15) is 17.0 Å². The smallest absolute Gasteiger partial charge is 0.136 e. The van der Waals surface area contributed by atoms with E-state index in [1.165, 1.54) is 0 Å². The van der Waals surface area contributed by atoms with Crippen molar-refractivity contribution in [1.29, 1.82) is 5.26 Å². The van der Waals surface area contributed by atoms with Gasteiger partial charge in [0.1, 0.15) is 11.8 Å². The van der Waals surface area contributed by atoms with E-state index in [1.807, 2.05) is 30.0 Å². The Kier molecular flexibility index (Phi) is 5.52. The molecule has 0 spiro atoms. The largest absolute Gasteiger partial charge is 0.495 e. The number of thioether (sulfide) groups is 1. The van der Waals surface area contributed by atoms with Crippen molar-refractivity contribution >= 4 is 11.8 Å². The van der Waals surface area contributed by atoms with Gasteiger partial charge in [0, 0.05) is 17.8 Å². The van der Waals surface area contributed by atoms with Crippen LogP contribution in [0, 0.1) is 11.3 Å². The molecule has 0 saturated carbocycles. The van der Waals surface area contributed by atoms with Gasteiger partial charge < -0.3 is 10.1 Å². The van der Waals surface area contributed by atoms with Crippen LogP contribution in [0.5, 0.6) is 5.75 Å². The number of nitriles is 1. The van der Waals surface area contributed by atoms with E-state index in [-0.39, 0.29) is 4.75 Å². The van der Waals surface area contributed by atoms with Gasteiger partial charge in [-0.15, -0.1) is 0 Å². The summed E-state index contributed by atoms with van der Waals surface area (Å²) in [5.41, 5.74) is 1.69. The Balaban J connectivity index is 2.62. The minimum atomic E-state index is 0.227. The van der Waals surface area contributed by atoms with Gasteiger partial charge in [0.25, 0.3) is 0 Å². The third kappa shape index (κ3) is 4.25. The first-order valence-corrected chi connectivity index (χ1v) is 7.08. The lowest BCUT2D eigenvalue weighted by Gasteiger charge is -2.22. The fourth-order valence-electron chi connectivity index (χ4n) is 1.53. The number of hydrogen-bond donors (Lipinski definition) is 1. The Morgan fingerprint density at radius 1 is 1.44 bits per heavy atom. The minimum Gasteiger partial charge on any atom is -0.495 e. The van der Waals surface area contributed by atoms with Gasteiger partial charge >= 0.3 is 0 Å². The van der Waals surface area contributed by atoms with Gasteiger partial charge in [-0.3, -0.25) is 0 Å². The number of rotatable bonds is 6. The number of nitrogens with one attached hydrogen (secondary N) is 1. The predicted molar refractivity (Wildman–Crippen MR) is 77.0 cm³/mol. The lowest BCUT2D eigenvalue weighted by atomic mass is 10.1. The fraction of sp³-hybridized carbons (Fsp3) is 0.500. The van der Waals surface area contributed by atoms with Crippen molar-refractivity contribution in [1.82, 2.24) is 5.32 Å². The van der Waals surface area contributed by atoms with Crippen LogP contribution in [0.15, 0.2) is 18.2 Å². The highest BCUT2D eigenvalue weighted by atomic mass is 32.2. The number of nitrogens with zero attached hydrogens (tertiary/aromatic N) is 1.